The minimum atomic E-state index is -0.316. The molecule has 0 saturated carbocycles. The Hall–Kier alpha value is -1.62. The molecule has 1 unspecified atom stereocenters. The zero-order chi connectivity index (χ0) is 15.4. The Bertz CT molecular complexity index is 496. The molecular weight excluding hydrogens is 266 g/mol. The standard InChI is InChI=1S/C16H25N3O2/c1-12(2)18(11-14-5-4-8-17-10-14)16-9-15(19(20)21)7-6-13(16)3/h6-7,9,12,14,17H,4-5,8,10-11H2,1-3H3. The van der Waals surface area contributed by atoms with Crippen LogP contribution in [0.3, 0.4) is 0 Å². The lowest BCUT2D eigenvalue weighted by Crippen LogP contribution is -2.41. The molecule has 1 aliphatic rings. The lowest BCUT2D eigenvalue weighted by Gasteiger charge is -2.35. The summed E-state index contributed by atoms with van der Waals surface area (Å²) in [5.74, 6) is 0.611. The van der Waals surface area contributed by atoms with E-state index in [-0.39, 0.29) is 10.6 Å². The van der Waals surface area contributed by atoms with E-state index >= 15 is 0 Å². The molecule has 5 heteroatoms. The fourth-order valence-electron chi connectivity index (χ4n) is 2.97. The Labute approximate surface area is 126 Å². The quantitative estimate of drug-likeness (QED) is 0.669. The van der Waals surface area contributed by atoms with E-state index < -0.39 is 0 Å². The highest BCUT2D eigenvalue weighted by Gasteiger charge is 2.22. The highest BCUT2D eigenvalue weighted by molar-refractivity contribution is 5.59. The molecule has 1 saturated heterocycles. The van der Waals surface area contributed by atoms with E-state index in [9.17, 15) is 10.1 Å². The van der Waals surface area contributed by atoms with Crippen molar-refractivity contribution in [2.24, 2.45) is 5.92 Å². The molecule has 21 heavy (non-hydrogen) atoms. The molecule has 0 aromatic heterocycles. The second kappa shape index (κ2) is 6.89. The minimum Gasteiger partial charge on any atom is -0.368 e. The molecule has 0 bridgehead atoms. The number of piperidine rings is 1. The zero-order valence-electron chi connectivity index (χ0n) is 13.1. The monoisotopic (exact) mass is 291 g/mol. The van der Waals surface area contributed by atoms with Crippen LogP contribution in [0.25, 0.3) is 0 Å². The number of aryl methyl sites for hydroxylation is 1. The molecule has 0 aliphatic carbocycles. The third-order valence-electron chi connectivity index (χ3n) is 4.19. The van der Waals surface area contributed by atoms with Gasteiger partial charge in [-0.05, 0) is 58.2 Å². The van der Waals surface area contributed by atoms with Gasteiger partial charge in [-0.25, -0.2) is 0 Å². The van der Waals surface area contributed by atoms with Gasteiger partial charge in [0.15, 0.2) is 0 Å². The van der Waals surface area contributed by atoms with Crippen LogP contribution in [0.1, 0.15) is 32.3 Å². The van der Waals surface area contributed by atoms with Crippen molar-refractivity contribution in [2.45, 2.75) is 39.7 Å². The summed E-state index contributed by atoms with van der Waals surface area (Å²) in [4.78, 5) is 13.0. The summed E-state index contributed by atoms with van der Waals surface area (Å²) in [5.41, 5.74) is 2.26. The maximum atomic E-state index is 11.0. The largest absolute Gasteiger partial charge is 0.368 e. The van der Waals surface area contributed by atoms with Crippen LogP contribution in [-0.2, 0) is 0 Å². The first-order chi connectivity index (χ1) is 9.99. The number of hydrogen-bond acceptors (Lipinski definition) is 4. The molecule has 0 amide bonds. The first-order valence-corrected chi connectivity index (χ1v) is 7.71. The van der Waals surface area contributed by atoms with Gasteiger partial charge in [-0.1, -0.05) is 6.07 Å². The number of nitro groups is 1. The highest BCUT2D eigenvalue weighted by atomic mass is 16.6. The van der Waals surface area contributed by atoms with E-state index in [2.05, 4.69) is 24.1 Å². The van der Waals surface area contributed by atoms with Gasteiger partial charge in [0, 0.05) is 30.4 Å². The Morgan fingerprint density at radius 1 is 1.48 bits per heavy atom. The number of anilines is 1. The molecule has 0 radical (unpaired) electrons. The van der Waals surface area contributed by atoms with E-state index in [4.69, 9.17) is 0 Å². The van der Waals surface area contributed by atoms with Crippen LogP contribution in [0.2, 0.25) is 0 Å². The smallest absolute Gasteiger partial charge is 0.271 e. The fraction of sp³-hybridized carbons (Fsp3) is 0.625. The van der Waals surface area contributed by atoms with Crippen LogP contribution < -0.4 is 10.2 Å². The van der Waals surface area contributed by atoms with Gasteiger partial charge in [-0.2, -0.15) is 0 Å². The third kappa shape index (κ3) is 3.94. The van der Waals surface area contributed by atoms with Crippen LogP contribution >= 0.6 is 0 Å². The lowest BCUT2D eigenvalue weighted by molar-refractivity contribution is -0.384. The Morgan fingerprint density at radius 2 is 2.24 bits per heavy atom. The summed E-state index contributed by atoms with van der Waals surface area (Å²) in [5, 5.41) is 14.5. The first-order valence-electron chi connectivity index (χ1n) is 7.71. The summed E-state index contributed by atoms with van der Waals surface area (Å²) in [7, 11) is 0. The number of nitrogens with zero attached hydrogens (tertiary/aromatic N) is 2. The molecule has 1 aromatic carbocycles. The van der Waals surface area contributed by atoms with Gasteiger partial charge in [0.2, 0.25) is 0 Å². The molecule has 116 valence electrons. The van der Waals surface area contributed by atoms with Crippen molar-refractivity contribution in [1.29, 1.82) is 0 Å². The van der Waals surface area contributed by atoms with Crippen LogP contribution in [0.5, 0.6) is 0 Å². The van der Waals surface area contributed by atoms with Gasteiger partial charge in [-0.3, -0.25) is 10.1 Å². The van der Waals surface area contributed by atoms with E-state index in [1.807, 2.05) is 13.0 Å². The normalized spacial score (nSPS) is 18.8. The molecule has 1 heterocycles. The van der Waals surface area contributed by atoms with Crippen molar-refractivity contribution in [1.82, 2.24) is 5.32 Å². The number of hydrogen-bond donors (Lipinski definition) is 1. The van der Waals surface area contributed by atoms with E-state index in [1.165, 1.54) is 12.8 Å². The second-order valence-electron chi connectivity index (χ2n) is 6.19. The lowest BCUT2D eigenvalue weighted by atomic mass is 9.97. The van der Waals surface area contributed by atoms with Crippen molar-refractivity contribution in [3.8, 4) is 0 Å². The molecule has 1 aromatic rings. The predicted octanol–water partition coefficient (Wildman–Crippen LogP) is 3.12. The molecule has 0 spiro atoms. The highest BCUT2D eigenvalue weighted by Crippen LogP contribution is 2.28. The molecule has 5 nitrogen and oxygen atoms in total. The topological polar surface area (TPSA) is 58.4 Å². The number of nitrogens with one attached hydrogen (secondary N) is 1. The number of rotatable bonds is 5. The maximum absolute atomic E-state index is 11.0. The summed E-state index contributed by atoms with van der Waals surface area (Å²) in [6.45, 7) is 9.41. The molecule has 2 rings (SSSR count). The van der Waals surface area contributed by atoms with Crippen LogP contribution in [0, 0.1) is 23.0 Å². The predicted molar refractivity (Wildman–Crippen MR) is 85.9 cm³/mol. The number of nitro benzene ring substituents is 1. The van der Waals surface area contributed by atoms with Gasteiger partial charge in [0.05, 0.1) is 4.92 Å². The Kier molecular flexibility index (Phi) is 5.17. The second-order valence-corrected chi connectivity index (χ2v) is 6.19. The van der Waals surface area contributed by atoms with Gasteiger partial charge < -0.3 is 10.2 Å². The summed E-state index contributed by atoms with van der Waals surface area (Å²) in [6.07, 6.45) is 2.44. The van der Waals surface area contributed by atoms with Crippen LogP contribution in [0.15, 0.2) is 18.2 Å². The van der Waals surface area contributed by atoms with Crippen molar-refractivity contribution in [3.05, 3.63) is 33.9 Å². The number of non-ortho nitro benzene ring substituents is 1. The molecule has 1 N–H and O–H groups in total. The Balaban J connectivity index is 2.24. The molecular formula is C16H25N3O2. The van der Waals surface area contributed by atoms with Crippen molar-refractivity contribution in [3.63, 3.8) is 0 Å². The summed E-state index contributed by atoms with van der Waals surface area (Å²) in [6, 6.07) is 5.47. The average Bonchev–Trinajstić information content (AvgIpc) is 2.46. The van der Waals surface area contributed by atoms with E-state index in [1.54, 1.807) is 12.1 Å². The van der Waals surface area contributed by atoms with Gasteiger partial charge in [0.25, 0.3) is 5.69 Å². The maximum Gasteiger partial charge on any atom is 0.271 e. The zero-order valence-corrected chi connectivity index (χ0v) is 13.1. The SMILES string of the molecule is Cc1ccc([N+](=O)[O-])cc1N(CC1CCCNC1)C(C)C. The average molecular weight is 291 g/mol. The fourth-order valence-corrected chi connectivity index (χ4v) is 2.97. The van der Waals surface area contributed by atoms with E-state index in [0.717, 1.165) is 30.9 Å². The van der Waals surface area contributed by atoms with E-state index in [0.29, 0.717) is 12.0 Å². The third-order valence-corrected chi connectivity index (χ3v) is 4.19. The molecule has 1 atom stereocenters. The van der Waals surface area contributed by atoms with Crippen molar-refractivity contribution in [2.75, 3.05) is 24.5 Å². The van der Waals surface area contributed by atoms with Crippen LogP contribution in [-0.4, -0.2) is 30.6 Å². The summed E-state index contributed by atoms with van der Waals surface area (Å²) < 4.78 is 0. The van der Waals surface area contributed by atoms with Gasteiger partial charge in [0.1, 0.15) is 0 Å². The van der Waals surface area contributed by atoms with Gasteiger partial charge in [-0.15, -0.1) is 0 Å². The van der Waals surface area contributed by atoms with Crippen molar-refractivity contribution >= 4 is 11.4 Å². The molecule has 1 fully saturated rings. The number of benzene rings is 1. The van der Waals surface area contributed by atoms with Crippen molar-refractivity contribution < 1.29 is 4.92 Å². The Morgan fingerprint density at radius 3 is 2.81 bits per heavy atom. The molecule has 1 aliphatic heterocycles. The summed E-state index contributed by atoms with van der Waals surface area (Å²) >= 11 is 0. The minimum absolute atomic E-state index is 0.169. The van der Waals surface area contributed by atoms with Gasteiger partial charge >= 0.3 is 0 Å². The van der Waals surface area contributed by atoms with Crippen LogP contribution in [0.4, 0.5) is 11.4 Å². The first kappa shape index (κ1) is 15.8.